The van der Waals surface area contributed by atoms with Crippen LogP contribution in [-0.4, -0.2) is 14.2 Å². The molecule has 192 valence electrons. The van der Waals surface area contributed by atoms with Gasteiger partial charge in [-0.25, -0.2) is 0 Å². The molecule has 0 amide bonds. The lowest BCUT2D eigenvalue weighted by atomic mass is 9.76. The van der Waals surface area contributed by atoms with Crippen LogP contribution in [0.25, 0.3) is 0 Å². The lowest BCUT2D eigenvalue weighted by Gasteiger charge is -2.28. The average molecular weight is 479 g/mol. The summed E-state index contributed by atoms with van der Waals surface area (Å²) in [6, 6.07) is 9.41. The zero-order valence-corrected chi connectivity index (χ0v) is 23.8. The topological polar surface area (TPSA) is 31.0 Å². The van der Waals surface area contributed by atoms with Crippen LogP contribution in [0.4, 0.5) is 0 Å². The molecule has 2 aromatic carbocycles. The molecule has 2 unspecified atom stereocenters. The number of rotatable bonds is 2. The molecule has 2 aliphatic rings. The van der Waals surface area contributed by atoms with Gasteiger partial charge in [-0.1, -0.05) is 66.5 Å². The van der Waals surface area contributed by atoms with Crippen LogP contribution in [0.1, 0.15) is 114 Å². The van der Waals surface area contributed by atoms with E-state index >= 15 is 0 Å². The summed E-state index contributed by atoms with van der Waals surface area (Å²) >= 11 is 0. The van der Waals surface area contributed by atoms with Gasteiger partial charge in [-0.2, -0.15) is 0 Å². The van der Waals surface area contributed by atoms with Gasteiger partial charge >= 0.3 is 0 Å². The molecule has 4 rings (SSSR count). The van der Waals surface area contributed by atoms with Crippen LogP contribution in [0.2, 0.25) is 0 Å². The van der Waals surface area contributed by atoms with E-state index in [0.717, 1.165) is 35.5 Å². The highest BCUT2D eigenvalue weighted by molar-refractivity contribution is 5.58. The summed E-state index contributed by atoms with van der Waals surface area (Å²) in [4.78, 5) is 0. The van der Waals surface area contributed by atoms with Gasteiger partial charge in [0, 0.05) is 11.1 Å². The van der Waals surface area contributed by atoms with Crippen LogP contribution in [0.15, 0.2) is 24.3 Å². The molecule has 0 radical (unpaired) electrons. The van der Waals surface area contributed by atoms with Crippen molar-refractivity contribution >= 4 is 0 Å². The van der Waals surface area contributed by atoms with Crippen molar-refractivity contribution in [3.8, 4) is 11.5 Å². The summed E-state index contributed by atoms with van der Waals surface area (Å²) in [5.41, 5.74) is 6.69. The Labute approximate surface area is 213 Å². The molecule has 1 fully saturated rings. The van der Waals surface area contributed by atoms with Crippen molar-refractivity contribution < 1.29 is 14.2 Å². The second kappa shape index (κ2) is 8.83. The highest BCUT2D eigenvalue weighted by atomic mass is 16.6. The fraction of sp³-hybridized carbons (Fsp3) is 0.625. The van der Waals surface area contributed by atoms with Crippen molar-refractivity contribution in [3.05, 3.63) is 57.6 Å². The average Bonchev–Trinajstić information content (AvgIpc) is 3.35. The number of ether oxygens (including phenoxy) is 3. The molecule has 2 aromatic rings. The molecule has 1 aliphatic carbocycles. The van der Waals surface area contributed by atoms with Crippen molar-refractivity contribution in [1.29, 1.82) is 0 Å². The molecule has 35 heavy (non-hydrogen) atoms. The van der Waals surface area contributed by atoms with Crippen molar-refractivity contribution in [1.82, 2.24) is 0 Å². The van der Waals surface area contributed by atoms with Crippen LogP contribution in [0, 0.1) is 0 Å². The fourth-order valence-electron chi connectivity index (χ4n) is 5.80. The first-order chi connectivity index (χ1) is 16.3. The van der Waals surface area contributed by atoms with Crippen LogP contribution in [-0.2, 0) is 39.6 Å². The Bertz CT molecular complexity index is 1010. The van der Waals surface area contributed by atoms with Crippen molar-refractivity contribution in [3.63, 3.8) is 0 Å². The first-order valence-electron chi connectivity index (χ1n) is 13.4. The van der Waals surface area contributed by atoms with E-state index in [1.165, 1.54) is 47.9 Å². The maximum atomic E-state index is 6.81. The minimum atomic E-state index is -0.500. The molecule has 0 aromatic heterocycles. The number of aryl methyl sites for hydroxylation is 2. The van der Waals surface area contributed by atoms with Crippen LogP contribution in [0.3, 0.4) is 0 Å². The molecule has 1 aliphatic heterocycles. The van der Waals surface area contributed by atoms with Gasteiger partial charge in [-0.15, -0.1) is 0 Å². The Morgan fingerprint density at radius 1 is 0.629 bits per heavy atom. The quantitative estimate of drug-likeness (QED) is 0.408. The van der Waals surface area contributed by atoms with Gasteiger partial charge in [0.1, 0.15) is 22.7 Å². The summed E-state index contributed by atoms with van der Waals surface area (Å²) in [6.45, 7) is 18.2. The third kappa shape index (κ3) is 4.50. The van der Waals surface area contributed by atoms with Gasteiger partial charge in [0.05, 0.1) is 14.2 Å². The maximum Gasteiger partial charge on any atom is 0.128 e. The van der Waals surface area contributed by atoms with Gasteiger partial charge in [-0.05, 0) is 84.7 Å². The lowest BCUT2D eigenvalue weighted by molar-refractivity contribution is 0.271. The number of fused-ring (bicyclic) bond motifs is 7. The SMILES string of the molecule is COc1c2cc(C(C)(C)C)cc1C1(C)OC1(C)c1cc(C(C)(C)C)cc(c1OC)CCCCCC2. The van der Waals surface area contributed by atoms with Crippen LogP contribution < -0.4 is 9.47 Å². The number of benzene rings is 2. The molecule has 1 heterocycles. The normalized spacial score (nSPS) is 24.9. The summed E-state index contributed by atoms with van der Waals surface area (Å²) in [7, 11) is 3.62. The second-order valence-corrected chi connectivity index (χ2v) is 13.0. The Hall–Kier alpha value is -2.00. The predicted octanol–water partition coefficient (Wildman–Crippen LogP) is 8.12. The van der Waals surface area contributed by atoms with Crippen molar-refractivity contribution in [2.75, 3.05) is 14.2 Å². The van der Waals surface area contributed by atoms with E-state index < -0.39 is 11.2 Å². The zero-order chi connectivity index (χ0) is 25.8. The van der Waals surface area contributed by atoms with Crippen LogP contribution >= 0.6 is 0 Å². The standard InChI is InChI=1S/C32H46O3/c1-29(2,3)23-17-21-15-13-11-12-14-16-22-18-24(30(4,5)6)20-26(28(22)34-10)32(8)31(7,35-32)25(19-23)27(21)33-9/h17-20H,11-16H2,1-10H3. The molecular formula is C32H46O3. The Morgan fingerprint density at radius 3 is 1.31 bits per heavy atom. The molecule has 1 saturated heterocycles. The first-order valence-corrected chi connectivity index (χ1v) is 13.4. The molecule has 3 nitrogen and oxygen atoms in total. The molecule has 0 N–H and O–H groups in total. The third-order valence-corrected chi connectivity index (χ3v) is 8.42. The van der Waals surface area contributed by atoms with Crippen LogP contribution in [0.5, 0.6) is 11.5 Å². The number of epoxide rings is 1. The maximum absolute atomic E-state index is 6.81. The highest BCUT2D eigenvalue weighted by Crippen LogP contribution is 2.66. The van der Waals surface area contributed by atoms with Gasteiger partial charge in [0.25, 0.3) is 0 Å². The summed E-state index contributed by atoms with van der Waals surface area (Å²) in [5, 5.41) is 0. The molecule has 0 spiro atoms. The van der Waals surface area contributed by atoms with E-state index in [9.17, 15) is 0 Å². The monoisotopic (exact) mass is 478 g/mol. The van der Waals surface area contributed by atoms with E-state index in [1.54, 1.807) is 0 Å². The van der Waals surface area contributed by atoms with E-state index in [0.29, 0.717) is 0 Å². The molecule has 2 atom stereocenters. The highest BCUT2D eigenvalue weighted by Gasteiger charge is 2.68. The summed E-state index contributed by atoms with van der Waals surface area (Å²) in [6.07, 6.45) is 6.85. The number of methoxy groups -OCH3 is 2. The van der Waals surface area contributed by atoms with E-state index in [-0.39, 0.29) is 10.8 Å². The number of hydrogen-bond donors (Lipinski definition) is 0. The second-order valence-electron chi connectivity index (χ2n) is 13.0. The van der Waals surface area contributed by atoms with Crippen molar-refractivity contribution in [2.45, 2.75) is 116 Å². The minimum absolute atomic E-state index is 0.0415. The van der Waals surface area contributed by atoms with E-state index in [1.807, 2.05) is 14.2 Å². The predicted molar refractivity (Wildman–Crippen MR) is 145 cm³/mol. The molecular weight excluding hydrogens is 432 g/mol. The summed E-state index contributed by atoms with van der Waals surface area (Å²) in [5.74, 6) is 1.99. The largest absolute Gasteiger partial charge is 0.496 e. The fourth-order valence-corrected chi connectivity index (χ4v) is 5.80. The lowest BCUT2D eigenvalue weighted by Crippen LogP contribution is -2.22. The van der Waals surface area contributed by atoms with Crippen molar-refractivity contribution in [2.24, 2.45) is 0 Å². The summed E-state index contributed by atoms with van der Waals surface area (Å²) < 4.78 is 19.1. The first kappa shape index (κ1) is 26.1. The molecule has 3 heteroatoms. The third-order valence-electron chi connectivity index (χ3n) is 8.42. The zero-order valence-electron chi connectivity index (χ0n) is 23.8. The minimum Gasteiger partial charge on any atom is -0.496 e. The molecule has 0 saturated carbocycles. The van der Waals surface area contributed by atoms with Gasteiger partial charge in [0.2, 0.25) is 0 Å². The molecule has 4 bridgehead atoms. The van der Waals surface area contributed by atoms with E-state index in [4.69, 9.17) is 14.2 Å². The Kier molecular flexibility index (Phi) is 6.58. The van der Waals surface area contributed by atoms with Gasteiger partial charge in [-0.3, -0.25) is 0 Å². The van der Waals surface area contributed by atoms with Gasteiger partial charge in [0.15, 0.2) is 0 Å². The smallest absolute Gasteiger partial charge is 0.128 e. The Morgan fingerprint density at radius 2 is 1.00 bits per heavy atom. The number of hydrogen-bond acceptors (Lipinski definition) is 3. The van der Waals surface area contributed by atoms with E-state index in [2.05, 4.69) is 79.7 Å². The Balaban J connectivity index is 2.00. The van der Waals surface area contributed by atoms with Gasteiger partial charge < -0.3 is 14.2 Å².